The fraction of sp³-hybridized carbons (Fsp3) is 0.556. The Bertz CT molecular complexity index is 578. The highest BCUT2D eigenvalue weighted by Crippen LogP contribution is 2.39. The fourth-order valence-electron chi connectivity index (χ4n) is 3.69. The molecule has 0 radical (unpaired) electrons. The Kier molecular flexibility index (Phi) is 3.71. The van der Waals surface area contributed by atoms with E-state index in [4.69, 9.17) is 0 Å². The lowest BCUT2D eigenvalue weighted by Gasteiger charge is -2.50. The van der Waals surface area contributed by atoms with Crippen LogP contribution in [0.5, 0.6) is 0 Å². The number of rotatable bonds is 3. The van der Waals surface area contributed by atoms with E-state index < -0.39 is 11.1 Å². The summed E-state index contributed by atoms with van der Waals surface area (Å²) in [4.78, 5) is 27.7. The number of hydrogen-bond acceptors (Lipinski definition) is 2. The summed E-state index contributed by atoms with van der Waals surface area (Å²) in [7, 11) is 0. The van der Waals surface area contributed by atoms with Gasteiger partial charge in [0.25, 0.3) is 0 Å². The molecule has 118 valence electrons. The molecule has 2 fully saturated rings. The van der Waals surface area contributed by atoms with Crippen LogP contribution in [0.25, 0.3) is 0 Å². The molecule has 0 bridgehead atoms. The number of amides is 2. The lowest BCUT2D eigenvalue weighted by molar-refractivity contribution is -0.163. The quantitative estimate of drug-likeness (QED) is 0.933. The second-order valence-electron chi connectivity index (χ2n) is 6.75. The van der Waals surface area contributed by atoms with Gasteiger partial charge in [-0.05, 0) is 31.7 Å². The number of hydrogen-bond donors (Lipinski definition) is 1. The molecule has 1 saturated carbocycles. The Balaban J connectivity index is 1.97. The van der Waals surface area contributed by atoms with Crippen molar-refractivity contribution < 1.29 is 9.59 Å². The molecule has 4 nitrogen and oxygen atoms in total. The molecule has 3 rings (SSSR count). The summed E-state index contributed by atoms with van der Waals surface area (Å²) in [5.41, 5.74) is -0.347. The molecule has 1 aliphatic carbocycles. The summed E-state index contributed by atoms with van der Waals surface area (Å²) < 4.78 is 0. The van der Waals surface area contributed by atoms with E-state index in [-0.39, 0.29) is 11.8 Å². The Hall–Kier alpha value is -1.84. The zero-order valence-corrected chi connectivity index (χ0v) is 13.4. The van der Waals surface area contributed by atoms with Gasteiger partial charge in [-0.15, -0.1) is 0 Å². The minimum Gasteiger partial charge on any atom is -0.340 e. The molecular weight excluding hydrogens is 276 g/mol. The predicted molar refractivity (Wildman–Crippen MR) is 85.0 cm³/mol. The minimum absolute atomic E-state index is 0.00701. The van der Waals surface area contributed by atoms with Crippen molar-refractivity contribution in [1.82, 2.24) is 10.2 Å². The van der Waals surface area contributed by atoms with Gasteiger partial charge in [-0.25, -0.2) is 0 Å². The third kappa shape index (κ3) is 2.21. The van der Waals surface area contributed by atoms with E-state index in [2.05, 4.69) is 5.32 Å². The first-order chi connectivity index (χ1) is 10.5. The number of nitrogens with zero attached hydrogens (tertiary/aromatic N) is 1. The maximum absolute atomic E-state index is 13.2. The highest BCUT2D eigenvalue weighted by atomic mass is 16.2. The molecule has 2 aliphatic rings. The highest BCUT2D eigenvalue weighted by molar-refractivity contribution is 6.02. The van der Waals surface area contributed by atoms with Crippen molar-refractivity contribution in [2.45, 2.75) is 63.6 Å². The first-order valence-electron chi connectivity index (χ1n) is 8.20. The van der Waals surface area contributed by atoms with Gasteiger partial charge in [0.15, 0.2) is 0 Å². The van der Waals surface area contributed by atoms with Crippen molar-refractivity contribution >= 4 is 11.8 Å². The zero-order valence-electron chi connectivity index (χ0n) is 13.4. The summed E-state index contributed by atoms with van der Waals surface area (Å²) in [5, 5.41) is 3.07. The van der Waals surface area contributed by atoms with E-state index in [1.807, 2.05) is 49.1 Å². The molecule has 2 amide bonds. The van der Waals surface area contributed by atoms with Crippen LogP contribution in [-0.2, 0) is 16.1 Å². The lowest BCUT2D eigenvalue weighted by Crippen LogP contribution is -2.73. The van der Waals surface area contributed by atoms with E-state index in [0.717, 1.165) is 31.2 Å². The Morgan fingerprint density at radius 2 is 1.77 bits per heavy atom. The first kappa shape index (κ1) is 15.1. The number of piperazine rings is 1. The molecule has 4 heteroatoms. The van der Waals surface area contributed by atoms with E-state index in [1.165, 1.54) is 0 Å². The monoisotopic (exact) mass is 300 g/mol. The van der Waals surface area contributed by atoms with E-state index >= 15 is 0 Å². The van der Waals surface area contributed by atoms with Gasteiger partial charge in [-0.3, -0.25) is 9.59 Å². The maximum Gasteiger partial charge on any atom is 0.249 e. The van der Waals surface area contributed by atoms with Gasteiger partial charge >= 0.3 is 0 Å². The third-order valence-corrected chi connectivity index (χ3v) is 5.42. The van der Waals surface area contributed by atoms with E-state index in [0.29, 0.717) is 13.0 Å². The Morgan fingerprint density at radius 1 is 1.14 bits per heavy atom. The largest absolute Gasteiger partial charge is 0.340 e. The van der Waals surface area contributed by atoms with Crippen LogP contribution in [0, 0.1) is 0 Å². The molecule has 1 saturated heterocycles. The summed E-state index contributed by atoms with van der Waals surface area (Å²) >= 11 is 0. The van der Waals surface area contributed by atoms with Crippen molar-refractivity contribution in [3.63, 3.8) is 0 Å². The third-order valence-electron chi connectivity index (χ3n) is 5.42. The minimum atomic E-state index is -0.763. The SMILES string of the molecule is CCC1(C)C(=O)NC2(CCCC2)C(=O)N1Cc1ccccc1. The molecule has 1 spiro atoms. The predicted octanol–water partition coefficient (Wildman–Crippen LogP) is 2.63. The molecule has 1 heterocycles. The summed E-state index contributed by atoms with van der Waals surface area (Å²) in [6, 6.07) is 9.93. The molecule has 1 aromatic rings. The summed E-state index contributed by atoms with van der Waals surface area (Å²) in [5.74, 6) is 0.0882. The molecule has 1 aromatic carbocycles. The van der Waals surface area contributed by atoms with Gasteiger partial charge < -0.3 is 10.2 Å². The fourth-order valence-corrected chi connectivity index (χ4v) is 3.69. The van der Waals surface area contributed by atoms with Crippen LogP contribution in [0.3, 0.4) is 0 Å². The molecule has 1 unspecified atom stereocenters. The van der Waals surface area contributed by atoms with Crippen LogP contribution in [0.15, 0.2) is 30.3 Å². The maximum atomic E-state index is 13.2. The topological polar surface area (TPSA) is 49.4 Å². The van der Waals surface area contributed by atoms with Crippen LogP contribution in [0.1, 0.15) is 51.5 Å². The van der Waals surface area contributed by atoms with Gasteiger partial charge in [0.2, 0.25) is 11.8 Å². The Labute approximate surface area is 131 Å². The van der Waals surface area contributed by atoms with Gasteiger partial charge in [0.1, 0.15) is 11.1 Å². The van der Waals surface area contributed by atoms with Crippen molar-refractivity contribution in [2.75, 3.05) is 0 Å². The highest BCUT2D eigenvalue weighted by Gasteiger charge is 2.56. The van der Waals surface area contributed by atoms with Crippen LogP contribution < -0.4 is 5.32 Å². The first-order valence-corrected chi connectivity index (χ1v) is 8.20. The number of nitrogens with one attached hydrogen (secondary N) is 1. The average molecular weight is 300 g/mol. The van der Waals surface area contributed by atoms with E-state index in [9.17, 15) is 9.59 Å². The Morgan fingerprint density at radius 3 is 2.36 bits per heavy atom. The van der Waals surface area contributed by atoms with Crippen LogP contribution in [0.2, 0.25) is 0 Å². The van der Waals surface area contributed by atoms with Crippen LogP contribution in [0.4, 0.5) is 0 Å². The molecule has 1 aliphatic heterocycles. The molecule has 0 aromatic heterocycles. The van der Waals surface area contributed by atoms with Gasteiger partial charge in [0.05, 0.1) is 0 Å². The zero-order chi connectivity index (χ0) is 15.8. The average Bonchev–Trinajstić information content (AvgIpc) is 3.00. The second kappa shape index (κ2) is 5.41. The number of carbonyl (C=O) groups is 2. The molecule has 1 atom stereocenters. The van der Waals surface area contributed by atoms with E-state index in [1.54, 1.807) is 0 Å². The molecule has 1 N–H and O–H groups in total. The van der Waals surface area contributed by atoms with Crippen molar-refractivity contribution in [1.29, 1.82) is 0 Å². The summed E-state index contributed by atoms with van der Waals surface area (Å²) in [6.45, 7) is 4.35. The van der Waals surface area contributed by atoms with Crippen LogP contribution >= 0.6 is 0 Å². The van der Waals surface area contributed by atoms with Crippen LogP contribution in [-0.4, -0.2) is 27.8 Å². The number of carbonyl (C=O) groups excluding carboxylic acids is 2. The van der Waals surface area contributed by atoms with Gasteiger partial charge in [-0.1, -0.05) is 50.1 Å². The van der Waals surface area contributed by atoms with Crippen molar-refractivity contribution in [2.24, 2.45) is 0 Å². The van der Waals surface area contributed by atoms with Gasteiger partial charge in [0, 0.05) is 6.54 Å². The van der Waals surface area contributed by atoms with Gasteiger partial charge in [-0.2, -0.15) is 0 Å². The lowest BCUT2D eigenvalue weighted by atomic mass is 9.83. The smallest absolute Gasteiger partial charge is 0.249 e. The molecular formula is C18H24N2O2. The molecule has 22 heavy (non-hydrogen) atoms. The second-order valence-corrected chi connectivity index (χ2v) is 6.75. The van der Waals surface area contributed by atoms with Crippen molar-refractivity contribution in [3.8, 4) is 0 Å². The summed E-state index contributed by atoms with van der Waals surface area (Å²) in [6.07, 6.45) is 4.17. The standard InChI is InChI=1S/C18H24N2O2/c1-3-17(2)15(21)19-18(11-7-8-12-18)16(22)20(17)13-14-9-5-4-6-10-14/h4-6,9-10H,3,7-8,11-13H2,1-2H3,(H,19,21). The van der Waals surface area contributed by atoms with Crippen molar-refractivity contribution in [3.05, 3.63) is 35.9 Å². The number of benzene rings is 1. The normalized spacial score (nSPS) is 27.3.